The topological polar surface area (TPSA) is 56.5 Å². The fourth-order valence-electron chi connectivity index (χ4n) is 2.75. The molecule has 0 N–H and O–H groups in total. The zero-order chi connectivity index (χ0) is 19.5. The number of hydrogen-bond donors (Lipinski definition) is 0. The maximum atomic E-state index is 12.9. The van der Waals surface area contributed by atoms with Crippen LogP contribution in [0.25, 0.3) is 21.3 Å². The van der Waals surface area contributed by atoms with E-state index in [2.05, 4.69) is 14.8 Å². The first-order chi connectivity index (χ1) is 13.6. The molecule has 5 nitrogen and oxygen atoms in total. The van der Waals surface area contributed by atoms with Crippen LogP contribution >= 0.6 is 11.3 Å². The standard InChI is InChI=1S/C20H13F2N3O2S/c21-20(22)27-16-9-5-4-8-14(16)10-24-25-12-23-18-17(19(25)26)15(11-28-18)13-6-2-1-3-7-13/h1-12,20H/b24-10-. The molecule has 0 atom stereocenters. The Morgan fingerprint density at radius 2 is 1.86 bits per heavy atom. The van der Waals surface area contributed by atoms with Crippen LogP contribution in [0.1, 0.15) is 5.56 Å². The van der Waals surface area contributed by atoms with Gasteiger partial charge in [-0.3, -0.25) is 4.79 Å². The highest BCUT2D eigenvalue weighted by molar-refractivity contribution is 7.17. The Bertz CT molecular complexity index is 1200. The largest absolute Gasteiger partial charge is 0.434 e. The summed E-state index contributed by atoms with van der Waals surface area (Å²) in [7, 11) is 0. The van der Waals surface area contributed by atoms with Gasteiger partial charge in [-0.15, -0.1) is 11.3 Å². The van der Waals surface area contributed by atoms with E-state index in [4.69, 9.17) is 0 Å². The lowest BCUT2D eigenvalue weighted by Crippen LogP contribution is -2.17. The summed E-state index contributed by atoms with van der Waals surface area (Å²) in [4.78, 5) is 17.8. The van der Waals surface area contributed by atoms with Gasteiger partial charge in [-0.1, -0.05) is 42.5 Å². The third kappa shape index (κ3) is 3.54. The fraction of sp³-hybridized carbons (Fsp3) is 0.0500. The molecule has 0 saturated carbocycles. The zero-order valence-corrected chi connectivity index (χ0v) is 15.1. The van der Waals surface area contributed by atoms with E-state index in [1.807, 2.05) is 35.7 Å². The lowest BCUT2D eigenvalue weighted by molar-refractivity contribution is -0.0499. The van der Waals surface area contributed by atoms with E-state index in [1.54, 1.807) is 18.2 Å². The van der Waals surface area contributed by atoms with Crippen LogP contribution in [0.2, 0.25) is 0 Å². The molecule has 0 aliphatic rings. The van der Waals surface area contributed by atoms with Crippen molar-refractivity contribution >= 4 is 27.8 Å². The Labute approximate surface area is 162 Å². The summed E-state index contributed by atoms with van der Waals surface area (Å²) in [6.45, 7) is -2.95. The van der Waals surface area contributed by atoms with Gasteiger partial charge < -0.3 is 4.74 Å². The first-order valence-corrected chi connectivity index (χ1v) is 9.14. The summed E-state index contributed by atoms with van der Waals surface area (Å²) < 4.78 is 30.6. The number of ether oxygens (including phenoxy) is 1. The normalized spacial score (nSPS) is 11.5. The second-order valence-electron chi connectivity index (χ2n) is 5.75. The van der Waals surface area contributed by atoms with E-state index in [0.29, 0.717) is 15.8 Å². The summed E-state index contributed by atoms with van der Waals surface area (Å²) in [5.41, 5.74) is 1.67. The molecule has 8 heteroatoms. The van der Waals surface area contributed by atoms with Gasteiger partial charge in [0, 0.05) is 16.5 Å². The molecule has 0 amide bonds. The lowest BCUT2D eigenvalue weighted by Gasteiger charge is -2.07. The number of fused-ring (bicyclic) bond motifs is 1. The third-order valence-corrected chi connectivity index (χ3v) is 4.91. The van der Waals surface area contributed by atoms with E-state index in [9.17, 15) is 13.6 Å². The number of nitrogens with zero attached hydrogens (tertiary/aromatic N) is 3. The Balaban J connectivity index is 1.76. The molecule has 0 unspecified atom stereocenters. The van der Waals surface area contributed by atoms with Crippen molar-refractivity contribution in [3.05, 3.63) is 82.2 Å². The van der Waals surface area contributed by atoms with Gasteiger partial charge in [-0.25, -0.2) is 4.98 Å². The van der Waals surface area contributed by atoms with Gasteiger partial charge in [0.05, 0.1) is 11.6 Å². The van der Waals surface area contributed by atoms with Crippen LogP contribution in [-0.2, 0) is 0 Å². The van der Waals surface area contributed by atoms with Crippen molar-refractivity contribution in [1.29, 1.82) is 0 Å². The summed E-state index contributed by atoms with van der Waals surface area (Å²) in [6, 6.07) is 15.7. The number of thiophene rings is 1. The number of halogens is 2. The molecular formula is C20H13F2N3O2S. The van der Waals surface area contributed by atoms with Gasteiger partial charge >= 0.3 is 6.61 Å². The van der Waals surface area contributed by atoms with Crippen molar-refractivity contribution in [2.45, 2.75) is 6.61 Å². The summed E-state index contributed by atoms with van der Waals surface area (Å²) >= 11 is 1.38. The molecule has 28 heavy (non-hydrogen) atoms. The smallest absolute Gasteiger partial charge is 0.387 e. The van der Waals surface area contributed by atoms with Crippen molar-refractivity contribution in [3.63, 3.8) is 0 Å². The van der Waals surface area contributed by atoms with Crippen LogP contribution in [0.3, 0.4) is 0 Å². The molecule has 4 rings (SSSR count). The summed E-state index contributed by atoms with van der Waals surface area (Å²) in [5.74, 6) is -0.0242. The number of benzene rings is 2. The minimum Gasteiger partial charge on any atom is -0.434 e. The Morgan fingerprint density at radius 3 is 2.64 bits per heavy atom. The van der Waals surface area contributed by atoms with Crippen molar-refractivity contribution in [2.75, 3.05) is 0 Å². The first-order valence-electron chi connectivity index (χ1n) is 8.26. The molecule has 2 heterocycles. The third-order valence-electron chi connectivity index (χ3n) is 4.02. The quantitative estimate of drug-likeness (QED) is 0.462. The predicted octanol–water partition coefficient (Wildman–Crippen LogP) is 4.61. The molecule has 0 fully saturated rings. The van der Waals surface area contributed by atoms with E-state index in [1.165, 1.54) is 29.9 Å². The average molecular weight is 397 g/mol. The second-order valence-corrected chi connectivity index (χ2v) is 6.61. The Kier molecular flexibility index (Phi) is 4.94. The Morgan fingerprint density at radius 1 is 1.11 bits per heavy atom. The van der Waals surface area contributed by atoms with E-state index >= 15 is 0 Å². The molecule has 0 radical (unpaired) electrons. The van der Waals surface area contributed by atoms with E-state index in [-0.39, 0.29) is 11.3 Å². The van der Waals surface area contributed by atoms with Crippen LogP contribution in [0.5, 0.6) is 5.75 Å². The van der Waals surface area contributed by atoms with Gasteiger partial charge in [0.1, 0.15) is 16.9 Å². The lowest BCUT2D eigenvalue weighted by atomic mass is 10.1. The zero-order valence-electron chi connectivity index (χ0n) is 14.3. The van der Waals surface area contributed by atoms with Crippen LogP contribution in [0, 0.1) is 0 Å². The van der Waals surface area contributed by atoms with Crippen molar-refractivity contribution in [1.82, 2.24) is 9.66 Å². The monoisotopic (exact) mass is 397 g/mol. The highest BCUT2D eigenvalue weighted by Crippen LogP contribution is 2.30. The number of hydrogen-bond acceptors (Lipinski definition) is 5. The Hall–Kier alpha value is -3.39. The van der Waals surface area contributed by atoms with Crippen LogP contribution < -0.4 is 10.3 Å². The van der Waals surface area contributed by atoms with Gasteiger partial charge in [0.25, 0.3) is 5.56 Å². The van der Waals surface area contributed by atoms with E-state index < -0.39 is 6.61 Å². The number of aromatic nitrogens is 2. The van der Waals surface area contributed by atoms with Crippen LogP contribution in [0.15, 0.2) is 76.2 Å². The second kappa shape index (κ2) is 7.69. The number of rotatable bonds is 5. The van der Waals surface area contributed by atoms with Crippen molar-refractivity contribution in [3.8, 4) is 16.9 Å². The average Bonchev–Trinajstić information content (AvgIpc) is 3.14. The maximum absolute atomic E-state index is 12.9. The molecule has 4 aromatic rings. The molecule has 0 bridgehead atoms. The van der Waals surface area contributed by atoms with Crippen LogP contribution in [-0.4, -0.2) is 22.5 Å². The van der Waals surface area contributed by atoms with Gasteiger partial charge in [-0.05, 0) is 17.7 Å². The van der Waals surface area contributed by atoms with E-state index in [0.717, 1.165) is 15.8 Å². The van der Waals surface area contributed by atoms with Gasteiger partial charge in [0.15, 0.2) is 0 Å². The number of alkyl halides is 2. The molecule has 0 spiro atoms. The number of para-hydroxylation sites is 1. The molecule has 0 aliphatic heterocycles. The summed E-state index contributed by atoms with van der Waals surface area (Å²) in [5, 5.41) is 6.45. The molecule has 0 aliphatic carbocycles. The van der Waals surface area contributed by atoms with Crippen molar-refractivity contribution in [2.24, 2.45) is 5.10 Å². The minimum absolute atomic E-state index is 0.0242. The predicted molar refractivity (Wildman–Crippen MR) is 105 cm³/mol. The molecule has 0 saturated heterocycles. The summed E-state index contributed by atoms with van der Waals surface area (Å²) in [6.07, 6.45) is 2.60. The first kappa shape index (κ1) is 18.0. The molecule has 140 valence electrons. The highest BCUT2D eigenvalue weighted by Gasteiger charge is 2.13. The van der Waals surface area contributed by atoms with Gasteiger partial charge in [0.2, 0.25) is 0 Å². The fourth-order valence-corrected chi connectivity index (χ4v) is 3.66. The van der Waals surface area contributed by atoms with Gasteiger partial charge in [-0.2, -0.15) is 18.6 Å². The maximum Gasteiger partial charge on any atom is 0.387 e. The SMILES string of the molecule is O=c1c2c(-c3ccccc3)csc2ncn1/N=C\c1ccccc1OC(F)F. The molecule has 2 aromatic carbocycles. The minimum atomic E-state index is -2.95. The molecule has 2 aromatic heterocycles. The van der Waals surface area contributed by atoms with Crippen LogP contribution in [0.4, 0.5) is 8.78 Å². The highest BCUT2D eigenvalue weighted by atomic mass is 32.1. The molecular weight excluding hydrogens is 384 g/mol. The van der Waals surface area contributed by atoms with Crippen molar-refractivity contribution < 1.29 is 13.5 Å².